The van der Waals surface area contributed by atoms with Crippen LogP contribution in [0.25, 0.3) is 0 Å². The van der Waals surface area contributed by atoms with Gasteiger partial charge < -0.3 is 11.5 Å². The number of hydrogen-bond acceptors (Lipinski definition) is 2. The molecule has 2 nitrogen and oxygen atoms in total. The molecule has 0 atom stereocenters. The first kappa shape index (κ1) is 25.0. The van der Waals surface area contributed by atoms with Gasteiger partial charge in [0.1, 0.15) is 0 Å². The van der Waals surface area contributed by atoms with Gasteiger partial charge in [-0.1, -0.05) is 84.9 Å². The van der Waals surface area contributed by atoms with Crippen molar-refractivity contribution in [2.45, 2.75) is 48.5 Å². The van der Waals surface area contributed by atoms with E-state index in [1.807, 2.05) is 88.4 Å². The molecule has 0 aliphatic heterocycles. The van der Waals surface area contributed by atoms with E-state index in [4.69, 9.17) is 11.5 Å². The number of anilines is 2. The molecule has 2 aromatic rings. The van der Waals surface area contributed by atoms with Crippen LogP contribution in [0.1, 0.15) is 48.5 Å². The quantitative estimate of drug-likeness (QED) is 0.565. The summed E-state index contributed by atoms with van der Waals surface area (Å²) in [7, 11) is 0. The number of nitrogens with two attached hydrogens (primary N) is 2. The number of benzene rings is 2. The van der Waals surface area contributed by atoms with Crippen molar-refractivity contribution in [2.24, 2.45) is 5.92 Å². The highest BCUT2D eigenvalue weighted by Crippen LogP contribution is 1.96. The van der Waals surface area contributed by atoms with E-state index in [-0.39, 0.29) is 0 Å². The first-order valence-corrected chi connectivity index (χ1v) is 8.13. The fourth-order valence-electron chi connectivity index (χ4n) is 0.906. The summed E-state index contributed by atoms with van der Waals surface area (Å²) in [6, 6.07) is 19.0. The topological polar surface area (TPSA) is 52.0 Å². The van der Waals surface area contributed by atoms with E-state index in [0.717, 1.165) is 17.3 Å². The minimum Gasteiger partial charge on any atom is -0.399 e. The maximum atomic E-state index is 5.36. The van der Waals surface area contributed by atoms with Crippen LogP contribution in [0.3, 0.4) is 0 Å². The fraction of sp³-hybridized carbons (Fsp3) is 0.400. The number of nitrogen functional groups attached to an aromatic ring is 2. The molecule has 0 bridgehead atoms. The Kier molecular flexibility index (Phi) is 24.3. The van der Waals surface area contributed by atoms with Crippen molar-refractivity contribution in [3.05, 3.63) is 60.7 Å². The summed E-state index contributed by atoms with van der Waals surface area (Å²) in [6.45, 7) is 14.5. The molecule has 126 valence electrons. The average molecular weight is 305 g/mol. The van der Waals surface area contributed by atoms with Crippen LogP contribution in [-0.4, -0.2) is 0 Å². The molecular weight excluding hydrogens is 268 g/mol. The zero-order valence-electron chi connectivity index (χ0n) is 15.5. The molecule has 0 aliphatic carbocycles. The molecule has 22 heavy (non-hydrogen) atoms. The molecule has 2 rings (SSSR count). The van der Waals surface area contributed by atoms with Crippen LogP contribution in [0.2, 0.25) is 0 Å². The zero-order chi connectivity index (χ0) is 17.8. The van der Waals surface area contributed by atoms with E-state index in [0.29, 0.717) is 0 Å². The molecule has 4 N–H and O–H groups in total. The molecule has 0 saturated heterocycles. The van der Waals surface area contributed by atoms with Crippen molar-refractivity contribution in [3.8, 4) is 0 Å². The maximum Gasteiger partial charge on any atom is 0.0313 e. The molecule has 0 radical (unpaired) electrons. The smallest absolute Gasteiger partial charge is 0.0313 e. The van der Waals surface area contributed by atoms with Gasteiger partial charge in [-0.3, -0.25) is 0 Å². The molecule has 0 amide bonds. The summed E-state index contributed by atoms with van der Waals surface area (Å²) in [5, 5.41) is 0. The average Bonchev–Trinajstić information content (AvgIpc) is 2.53. The highest BCUT2D eigenvalue weighted by atomic mass is 14.5. The lowest BCUT2D eigenvalue weighted by Gasteiger charge is -1.83. The Morgan fingerprint density at radius 1 is 0.545 bits per heavy atom. The Balaban J connectivity index is -0.000000228. The largest absolute Gasteiger partial charge is 0.399 e. The van der Waals surface area contributed by atoms with Crippen molar-refractivity contribution in [2.75, 3.05) is 11.5 Å². The Morgan fingerprint density at radius 2 is 0.727 bits per heavy atom. The molecule has 0 spiro atoms. The molecule has 0 aliphatic rings. The van der Waals surface area contributed by atoms with Crippen LogP contribution in [0.4, 0.5) is 11.4 Å². The molecule has 0 saturated carbocycles. The minimum absolute atomic E-state index is 0.822. The van der Waals surface area contributed by atoms with Gasteiger partial charge in [0.25, 0.3) is 0 Å². The number of hydrogen-bond donors (Lipinski definition) is 2. The van der Waals surface area contributed by atoms with Gasteiger partial charge >= 0.3 is 0 Å². The lowest BCUT2D eigenvalue weighted by Crippen LogP contribution is -1.79. The van der Waals surface area contributed by atoms with E-state index < -0.39 is 0 Å². The second-order valence-electron chi connectivity index (χ2n) is 4.55. The SMILES string of the molecule is CC.CC.CC(C)C.Nc1ccccc1.Nc1ccccc1. The monoisotopic (exact) mass is 304 g/mol. The Hall–Kier alpha value is -1.96. The lowest BCUT2D eigenvalue weighted by molar-refractivity contribution is 0.737. The van der Waals surface area contributed by atoms with E-state index in [2.05, 4.69) is 20.8 Å². The van der Waals surface area contributed by atoms with Crippen molar-refractivity contribution < 1.29 is 0 Å². The van der Waals surface area contributed by atoms with Gasteiger partial charge in [-0.25, -0.2) is 0 Å². The van der Waals surface area contributed by atoms with Crippen molar-refractivity contribution in [1.29, 1.82) is 0 Å². The number of para-hydroxylation sites is 2. The van der Waals surface area contributed by atoms with Crippen LogP contribution in [0.15, 0.2) is 60.7 Å². The molecule has 0 unspecified atom stereocenters. The lowest BCUT2D eigenvalue weighted by atomic mass is 10.3. The van der Waals surface area contributed by atoms with Crippen molar-refractivity contribution in [3.63, 3.8) is 0 Å². The van der Waals surface area contributed by atoms with Crippen LogP contribution in [-0.2, 0) is 0 Å². The molecule has 0 aromatic heterocycles. The summed E-state index contributed by atoms with van der Waals surface area (Å²) in [6.07, 6.45) is 0. The Morgan fingerprint density at radius 3 is 0.818 bits per heavy atom. The van der Waals surface area contributed by atoms with Crippen LogP contribution >= 0.6 is 0 Å². The third-order valence-electron chi connectivity index (χ3n) is 1.60. The fourth-order valence-corrected chi connectivity index (χ4v) is 0.906. The third-order valence-corrected chi connectivity index (χ3v) is 1.60. The van der Waals surface area contributed by atoms with Gasteiger partial charge in [-0.2, -0.15) is 0 Å². The van der Waals surface area contributed by atoms with Crippen LogP contribution in [0.5, 0.6) is 0 Å². The second kappa shape index (κ2) is 21.3. The van der Waals surface area contributed by atoms with Gasteiger partial charge in [-0.05, 0) is 30.2 Å². The summed E-state index contributed by atoms with van der Waals surface area (Å²) >= 11 is 0. The van der Waals surface area contributed by atoms with Gasteiger partial charge in [0.15, 0.2) is 0 Å². The minimum atomic E-state index is 0.822. The Bertz CT molecular complexity index is 343. The molecular formula is C20H36N2. The predicted octanol–water partition coefficient (Wildman–Crippen LogP) is 6.25. The summed E-state index contributed by atoms with van der Waals surface area (Å²) < 4.78 is 0. The Labute approximate surface area is 138 Å². The van der Waals surface area contributed by atoms with E-state index in [1.165, 1.54) is 0 Å². The summed E-state index contributed by atoms with van der Waals surface area (Å²) in [4.78, 5) is 0. The first-order valence-electron chi connectivity index (χ1n) is 8.13. The summed E-state index contributed by atoms with van der Waals surface area (Å²) in [5.74, 6) is 0.833. The van der Waals surface area contributed by atoms with Gasteiger partial charge in [-0.15, -0.1) is 0 Å². The third kappa shape index (κ3) is 26.6. The summed E-state index contributed by atoms with van der Waals surface area (Å²) in [5.41, 5.74) is 12.4. The van der Waals surface area contributed by atoms with E-state index >= 15 is 0 Å². The maximum absolute atomic E-state index is 5.36. The molecule has 2 aromatic carbocycles. The molecule has 0 fully saturated rings. The second-order valence-corrected chi connectivity index (χ2v) is 4.55. The van der Waals surface area contributed by atoms with Crippen molar-refractivity contribution in [1.82, 2.24) is 0 Å². The van der Waals surface area contributed by atoms with Gasteiger partial charge in [0, 0.05) is 11.4 Å². The zero-order valence-corrected chi connectivity index (χ0v) is 15.5. The van der Waals surface area contributed by atoms with Gasteiger partial charge in [0.05, 0.1) is 0 Å². The van der Waals surface area contributed by atoms with E-state index in [9.17, 15) is 0 Å². The normalized spacial score (nSPS) is 7.64. The first-order chi connectivity index (χ1) is 10.5. The highest BCUT2D eigenvalue weighted by Gasteiger charge is 1.73. The molecule has 2 heteroatoms. The van der Waals surface area contributed by atoms with Crippen LogP contribution < -0.4 is 11.5 Å². The van der Waals surface area contributed by atoms with Gasteiger partial charge in [0.2, 0.25) is 0 Å². The number of rotatable bonds is 0. The predicted molar refractivity (Wildman–Crippen MR) is 105 cm³/mol. The highest BCUT2D eigenvalue weighted by molar-refractivity contribution is 5.36. The van der Waals surface area contributed by atoms with Crippen molar-refractivity contribution >= 4 is 11.4 Å². The molecule has 0 heterocycles. The standard InChI is InChI=1S/2C6H7N.C4H10.2C2H6/c2*7-6-4-2-1-3-5-6;1-4(2)3;2*1-2/h2*1-5H,7H2;4H,1-3H3;2*1-2H3. The van der Waals surface area contributed by atoms with E-state index in [1.54, 1.807) is 0 Å². The van der Waals surface area contributed by atoms with Crippen LogP contribution in [0, 0.1) is 5.92 Å².